The highest BCUT2D eigenvalue weighted by atomic mass is 16.7. The number of aromatic nitrogens is 1. The third kappa shape index (κ3) is 2.33. The van der Waals surface area contributed by atoms with Crippen molar-refractivity contribution in [3.8, 4) is 22.8 Å². The maximum atomic E-state index is 11.2. The topological polar surface area (TPSA) is 85.0 Å². The average molecular weight is 316 g/mol. The Morgan fingerprint density at radius 3 is 3.00 bits per heavy atom. The molecule has 7 nitrogen and oxygen atoms in total. The van der Waals surface area contributed by atoms with Crippen molar-refractivity contribution in [2.45, 2.75) is 25.9 Å². The van der Waals surface area contributed by atoms with Gasteiger partial charge in [0.25, 0.3) is 0 Å². The van der Waals surface area contributed by atoms with E-state index in [0.29, 0.717) is 31.0 Å². The lowest BCUT2D eigenvalue weighted by Gasteiger charge is -2.29. The van der Waals surface area contributed by atoms with Crippen molar-refractivity contribution >= 4 is 5.97 Å². The minimum atomic E-state index is -0.825. The van der Waals surface area contributed by atoms with Crippen molar-refractivity contribution in [2.75, 3.05) is 13.3 Å². The predicted molar refractivity (Wildman–Crippen MR) is 79.3 cm³/mol. The van der Waals surface area contributed by atoms with Gasteiger partial charge in [0.2, 0.25) is 6.79 Å². The number of aliphatic carboxylic acids is 1. The van der Waals surface area contributed by atoms with Crippen LogP contribution in [0, 0.1) is 0 Å². The minimum absolute atomic E-state index is 0.222. The zero-order valence-electron chi connectivity index (χ0n) is 12.6. The Balaban J connectivity index is 1.68. The lowest BCUT2D eigenvalue weighted by molar-refractivity contribution is -0.143. The quantitative estimate of drug-likeness (QED) is 0.925. The van der Waals surface area contributed by atoms with Crippen LogP contribution in [0.4, 0.5) is 0 Å². The van der Waals surface area contributed by atoms with Gasteiger partial charge in [-0.25, -0.2) is 0 Å². The lowest BCUT2D eigenvalue weighted by atomic mass is 10.00. The van der Waals surface area contributed by atoms with Crippen LogP contribution in [0.1, 0.15) is 18.2 Å². The summed E-state index contributed by atoms with van der Waals surface area (Å²) in [6.45, 7) is 3.08. The molecule has 23 heavy (non-hydrogen) atoms. The first-order chi connectivity index (χ1) is 11.1. The number of carboxylic acids is 1. The van der Waals surface area contributed by atoms with E-state index in [1.807, 2.05) is 23.1 Å². The molecule has 2 aliphatic rings. The van der Waals surface area contributed by atoms with Gasteiger partial charge in [0.1, 0.15) is 17.5 Å². The van der Waals surface area contributed by atoms with E-state index in [0.717, 1.165) is 22.6 Å². The summed E-state index contributed by atoms with van der Waals surface area (Å²) < 4.78 is 16.2. The Morgan fingerprint density at radius 2 is 2.17 bits per heavy atom. The summed E-state index contributed by atoms with van der Waals surface area (Å²) in [6.07, 6.45) is 0.657. The highest BCUT2D eigenvalue weighted by molar-refractivity contribution is 5.73. The summed E-state index contributed by atoms with van der Waals surface area (Å²) in [5.74, 6) is 1.40. The van der Waals surface area contributed by atoms with Crippen LogP contribution in [0.5, 0.6) is 11.5 Å². The first-order valence-corrected chi connectivity index (χ1v) is 7.48. The number of nitrogens with zero attached hydrogens (tertiary/aromatic N) is 2. The fourth-order valence-corrected chi connectivity index (χ4v) is 2.99. The number of carboxylic acid groups (broad SMARTS) is 1. The van der Waals surface area contributed by atoms with Gasteiger partial charge in [0, 0.05) is 30.6 Å². The molecule has 1 atom stereocenters. The van der Waals surface area contributed by atoms with E-state index in [-0.39, 0.29) is 6.79 Å². The average Bonchev–Trinajstić information content (AvgIpc) is 3.18. The van der Waals surface area contributed by atoms with Gasteiger partial charge in [0.15, 0.2) is 11.5 Å². The Hall–Kier alpha value is -2.54. The van der Waals surface area contributed by atoms with Crippen LogP contribution in [0.2, 0.25) is 0 Å². The Bertz CT molecular complexity index is 770. The lowest BCUT2D eigenvalue weighted by Crippen LogP contribution is -2.41. The second-order valence-corrected chi connectivity index (χ2v) is 5.74. The van der Waals surface area contributed by atoms with Gasteiger partial charge >= 0.3 is 5.97 Å². The molecule has 7 heteroatoms. The van der Waals surface area contributed by atoms with Gasteiger partial charge in [0.05, 0.1) is 0 Å². The van der Waals surface area contributed by atoms with E-state index in [1.54, 1.807) is 6.92 Å². The van der Waals surface area contributed by atoms with Crippen molar-refractivity contribution in [1.82, 2.24) is 10.1 Å². The van der Waals surface area contributed by atoms with Gasteiger partial charge in [-0.3, -0.25) is 9.69 Å². The number of rotatable bonds is 3. The molecule has 4 rings (SSSR count). The monoisotopic (exact) mass is 316 g/mol. The smallest absolute Gasteiger partial charge is 0.320 e. The van der Waals surface area contributed by atoms with Crippen molar-refractivity contribution in [1.29, 1.82) is 0 Å². The molecular formula is C16H16N2O5. The normalized spacial score (nSPS) is 17.8. The van der Waals surface area contributed by atoms with Gasteiger partial charge in [-0.15, -0.1) is 0 Å². The van der Waals surface area contributed by atoms with E-state index < -0.39 is 12.0 Å². The fraction of sp³-hybridized carbons (Fsp3) is 0.375. The Labute approximate surface area is 132 Å². The highest BCUT2D eigenvalue weighted by Crippen LogP contribution is 2.38. The van der Waals surface area contributed by atoms with Crippen molar-refractivity contribution < 1.29 is 23.9 Å². The van der Waals surface area contributed by atoms with Crippen LogP contribution in [-0.4, -0.2) is 40.5 Å². The third-order valence-corrected chi connectivity index (χ3v) is 4.41. The molecule has 0 bridgehead atoms. The molecule has 2 aliphatic heterocycles. The van der Waals surface area contributed by atoms with E-state index in [1.165, 1.54) is 0 Å². The summed E-state index contributed by atoms with van der Waals surface area (Å²) in [4.78, 5) is 13.1. The molecule has 1 aromatic carbocycles. The molecule has 0 fully saturated rings. The largest absolute Gasteiger partial charge is 0.480 e. The molecule has 0 spiro atoms. The molecule has 0 radical (unpaired) electrons. The Kier molecular flexibility index (Phi) is 3.23. The molecular weight excluding hydrogens is 300 g/mol. The molecule has 120 valence electrons. The minimum Gasteiger partial charge on any atom is -0.480 e. The molecule has 0 aliphatic carbocycles. The summed E-state index contributed by atoms with van der Waals surface area (Å²) in [5.41, 5.74) is 2.56. The maximum absolute atomic E-state index is 11.2. The van der Waals surface area contributed by atoms with E-state index in [2.05, 4.69) is 5.16 Å². The van der Waals surface area contributed by atoms with Crippen LogP contribution in [0.15, 0.2) is 22.7 Å². The molecule has 1 aromatic heterocycles. The second kappa shape index (κ2) is 5.27. The molecule has 2 aromatic rings. The van der Waals surface area contributed by atoms with E-state index in [4.69, 9.17) is 14.0 Å². The number of hydrogen-bond acceptors (Lipinski definition) is 6. The SMILES string of the molecule is C[C@@H](C(=O)O)N1CCc2onc(-c3ccc4c(c3)OCO4)c2C1. The molecule has 0 saturated heterocycles. The molecule has 0 unspecified atom stereocenters. The van der Waals surface area contributed by atoms with E-state index >= 15 is 0 Å². The van der Waals surface area contributed by atoms with Gasteiger partial charge in [-0.2, -0.15) is 0 Å². The van der Waals surface area contributed by atoms with E-state index in [9.17, 15) is 9.90 Å². The van der Waals surface area contributed by atoms with Crippen molar-refractivity contribution in [3.63, 3.8) is 0 Å². The van der Waals surface area contributed by atoms with Crippen LogP contribution in [-0.2, 0) is 17.8 Å². The van der Waals surface area contributed by atoms with Crippen LogP contribution >= 0.6 is 0 Å². The standard InChI is InChI=1S/C16H16N2O5/c1-9(16(19)20)18-5-4-12-11(7-18)15(17-23-12)10-2-3-13-14(6-10)22-8-21-13/h2-3,6,9H,4-5,7-8H2,1H3,(H,19,20)/t9-/m0/s1. The van der Waals surface area contributed by atoms with Crippen LogP contribution in [0.3, 0.4) is 0 Å². The Morgan fingerprint density at radius 1 is 1.35 bits per heavy atom. The molecule has 0 saturated carbocycles. The van der Waals surface area contributed by atoms with Crippen molar-refractivity contribution in [2.24, 2.45) is 0 Å². The number of carbonyl (C=O) groups is 1. The summed E-state index contributed by atoms with van der Waals surface area (Å²) in [6, 6.07) is 5.09. The summed E-state index contributed by atoms with van der Waals surface area (Å²) in [7, 11) is 0. The second-order valence-electron chi connectivity index (χ2n) is 5.74. The fourth-order valence-electron chi connectivity index (χ4n) is 2.99. The zero-order chi connectivity index (χ0) is 16.0. The summed E-state index contributed by atoms with van der Waals surface area (Å²) >= 11 is 0. The number of fused-ring (bicyclic) bond motifs is 2. The molecule has 1 N–H and O–H groups in total. The highest BCUT2D eigenvalue weighted by Gasteiger charge is 2.30. The first-order valence-electron chi connectivity index (χ1n) is 7.48. The predicted octanol–water partition coefficient (Wildman–Crippen LogP) is 1.90. The number of ether oxygens (including phenoxy) is 2. The van der Waals surface area contributed by atoms with Crippen LogP contribution in [0.25, 0.3) is 11.3 Å². The van der Waals surface area contributed by atoms with Gasteiger partial charge in [-0.05, 0) is 25.1 Å². The van der Waals surface area contributed by atoms with Gasteiger partial charge in [-0.1, -0.05) is 5.16 Å². The zero-order valence-corrected chi connectivity index (χ0v) is 12.6. The molecule has 0 amide bonds. The summed E-state index contributed by atoms with van der Waals surface area (Å²) in [5, 5.41) is 13.4. The van der Waals surface area contributed by atoms with Gasteiger partial charge < -0.3 is 19.1 Å². The van der Waals surface area contributed by atoms with Crippen LogP contribution < -0.4 is 9.47 Å². The molecule has 3 heterocycles. The first kappa shape index (κ1) is 14.1. The number of hydrogen-bond donors (Lipinski definition) is 1. The maximum Gasteiger partial charge on any atom is 0.320 e. The van der Waals surface area contributed by atoms with Crippen molar-refractivity contribution in [3.05, 3.63) is 29.5 Å². The third-order valence-electron chi connectivity index (χ3n) is 4.41. The number of benzene rings is 1.